The van der Waals surface area contributed by atoms with Crippen molar-refractivity contribution < 1.29 is 61.1 Å². The molecule has 17 atom stereocenters. The Labute approximate surface area is 451 Å². The van der Waals surface area contributed by atoms with E-state index in [1.807, 2.05) is 6.08 Å². The summed E-state index contributed by atoms with van der Waals surface area (Å²) < 4.78 is 74.5. The number of methoxy groups -OCH3 is 2. The Morgan fingerprint density at radius 2 is 1.41 bits per heavy atom. The zero-order valence-corrected chi connectivity index (χ0v) is 51.3. The van der Waals surface area contributed by atoms with Gasteiger partial charge in [-0.05, 0) is 110 Å². The molecule has 16 heteroatoms. The minimum Gasteiger partial charge on any atom is -0.469 e. The van der Waals surface area contributed by atoms with E-state index < -0.39 is 42.9 Å². The maximum absolute atomic E-state index is 13.1. The predicted molar refractivity (Wildman–Crippen MR) is 300 cm³/mol. The largest absolute Gasteiger partial charge is 0.469 e. The molecular formula is C58H104O13Si3. The van der Waals surface area contributed by atoms with E-state index in [0.717, 1.165) is 97.6 Å². The van der Waals surface area contributed by atoms with Gasteiger partial charge in [-0.25, -0.2) is 0 Å². The Balaban J connectivity index is 1.09. The monoisotopic (exact) mass is 1090 g/mol. The molecule has 6 saturated heterocycles. The summed E-state index contributed by atoms with van der Waals surface area (Å²) in [6.45, 7) is 36.3. The third-order valence-electron chi connectivity index (χ3n) is 19.5. The van der Waals surface area contributed by atoms with Gasteiger partial charge in [0.15, 0.2) is 30.7 Å². The minimum absolute atomic E-state index is 0.00383. The van der Waals surface area contributed by atoms with Gasteiger partial charge in [-0.3, -0.25) is 4.79 Å². The van der Waals surface area contributed by atoms with Crippen molar-refractivity contribution in [3.05, 3.63) is 37.0 Å². The second kappa shape index (κ2) is 27.9. The summed E-state index contributed by atoms with van der Waals surface area (Å²) in [5, 5.41) is 11.4. The fourth-order valence-electron chi connectivity index (χ4n) is 13.8. The number of hydrogen-bond donors (Lipinski definition) is 1. The molecule has 0 aromatic heterocycles. The highest BCUT2D eigenvalue weighted by Crippen LogP contribution is 2.49. The van der Waals surface area contributed by atoms with Crippen molar-refractivity contribution in [3.63, 3.8) is 0 Å². The van der Waals surface area contributed by atoms with Gasteiger partial charge < -0.3 is 56.3 Å². The second-order valence-corrected chi connectivity index (χ2v) is 37.5. The summed E-state index contributed by atoms with van der Waals surface area (Å²) in [5.74, 6) is -1.20. The number of rotatable bonds is 31. The number of hydrogen-bond acceptors (Lipinski definition) is 13. The summed E-state index contributed by atoms with van der Waals surface area (Å²) in [5.41, 5.74) is 2.17. The average Bonchev–Trinajstić information content (AvgIpc) is 4.02. The van der Waals surface area contributed by atoms with Crippen LogP contribution >= 0.6 is 0 Å². The fraction of sp³-hybridized carbons (Fsp3) is 0.879. The average molecular weight is 1090 g/mol. The predicted octanol–water partition coefficient (Wildman–Crippen LogP) is 12.1. The van der Waals surface area contributed by atoms with Crippen molar-refractivity contribution in [2.45, 2.75) is 292 Å². The molecule has 6 rings (SSSR count). The third kappa shape index (κ3) is 14.4. The summed E-state index contributed by atoms with van der Waals surface area (Å²) in [7, 11) is -2.72. The molecule has 0 amide bonds. The first-order valence-corrected chi connectivity index (χ1v) is 37.2. The van der Waals surface area contributed by atoms with Crippen LogP contribution in [0.5, 0.6) is 0 Å². The van der Waals surface area contributed by atoms with Crippen LogP contribution in [0.3, 0.4) is 0 Å². The molecule has 4 bridgehead atoms. The minimum atomic E-state index is -2.01. The quantitative estimate of drug-likeness (QED) is 0.0401. The standard InChI is InChI=1S/C58H104O13Si3/c1-16-26-48-57(71-74(23-8,24-9)25-10)53-36-52(66-48)56-46(59)37-58(68-53,69-56)30-29-43-32-40(12)47(64-43)28-27-42-31-39(11)41(13)49(65-42)35-50-45(34-54(60)61-14)55(62-15)51(67-50)33-44(70-73(20-5,21-6)22-7)38-63-72(17-2,18-3)19-4/h16,39,42-53,55-57,59H,1,12-13,17-38H2,2-11,14-15H3/t39?,42?,43?,44?,45?,46?,47?,48-,49?,50-,51+,52+,53?,55+,56?,57?,58+/m0/s1. The Kier molecular flexibility index (Phi) is 23.4. The van der Waals surface area contributed by atoms with Crippen LogP contribution in [-0.4, -0.2) is 148 Å². The second-order valence-electron chi connectivity index (χ2n) is 23.3. The van der Waals surface area contributed by atoms with Crippen LogP contribution in [0.1, 0.15) is 146 Å². The Morgan fingerprint density at radius 3 is 2.01 bits per heavy atom. The van der Waals surface area contributed by atoms with E-state index in [0.29, 0.717) is 45.1 Å². The molecule has 13 nitrogen and oxygen atoms in total. The smallest absolute Gasteiger partial charge is 0.305 e. The molecule has 74 heavy (non-hydrogen) atoms. The maximum atomic E-state index is 13.1. The molecular weight excluding hydrogens is 989 g/mol. The molecule has 0 aliphatic carbocycles. The van der Waals surface area contributed by atoms with Crippen LogP contribution in [0, 0.1) is 11.8 Å². The number of aliphatic hydroxyl groups excluding tert-OH is 1. The number of carbonyl (C=O) groups excluding carboxylic acids is 1. The molecule has 0 saturated carbocycles. The van der Waals surface area contributed by atoms with Crippen LogP contribution < -0.4 is 0 Å². The lowest BCUT2D eigenvalue weighted by atomic mass is 9.82. The molecule has 6 aliphatic rings. The Hall–Kier alpha value is -1.10. The van der Waals surface area contributed by atoms with Crippen LogP contribution in [0.15, 0.2) is 37.0 Å². The van der Waals surface area contributed by atoms with Gasteiger partial charge in [0.25, 0.3) is 0 Å². The molecule has 6 fully saturated rings. The highest BCUT2D eigenvalue weighted by Gasteiger charge is 2.59. The van der Waals surface area contributed by atoms with E-state index in [2.05, 4.69) is 89.0 Å². The molecule has 1 N–H and O–H groups in total. The number of aliphatic hydroxyl groups is 1. The van der Waals surface area contributed by atoms with Gasteiger partial charge >= 0.3 is 5.97 Å². The van der Waals surface area contributed by atoms with Crippen molar-refractivity contribution in [3.8, 4) is 0 Å². The number of carbonyl (C=O) groups is 1. The Bertz CT molecular complexity index is 1770. The van der Waals surface area contributed by atoms with Gasteiger partial charge in [0.1, 0.15) is 6.10 Å². The van der Waals surface area contributed by atoms with Crippen molar-refractivity contribution in [1.82, 2.24) is 0 Å². The lowest BCUT2D eigenvalue weighted by Crippen LogP contribution is -2.58. The summed E-state index contributed by atoms with van der Waals surface area (Å²) in [6, 6.07) is 9.49. The molecule has 0 radical (unpaired) electrons. The van der Waals surface area contributed by atoms with Gasteiger partial charge in [0, 0.05) is 45.1 Å². The first-order chi connectivity index (χ1) is 35.4. The van der Waals surface area contributed by atoms with E-state index in [1.54, 1.807) is 7.11 Å². The molecule has 11 unspecified atom stereocenters. The van der Waals surface area contributed by atoms with E-state index in [4.69, 9.17) is 51.2 Å². The van der Waals surface area contributed by atoms with Crippen LogP contribution in [0.2, 0.25) is 54.4 Å². The van der Waals surface area contributed by atoms with Crippen LogP contribution in [0.4, 0.5) is 0 Å². The lowest BCUT2D eigenvalue weighted by Gasteiger charge is -2.47. The van der Waals surface area contributed by atoms with Gasteiger partial charge in [0.2, 0.25) is 0 Å². The lowest BCUT2D eigenvalue weighted by molar-refractivity contribution is -0.256. The highest BCUT2D eigenvalue weighted by atomic mass is 28.4. The van der Waals surface area contributed by atoms with Crippen molar-refractivity contribution in [2.75, 3.05) is 20.8 Å². The van der Waals surface area contributed by atoms with Crippen molar-refractivity contribution >= 4 is 30.9 Å². The third-order valence-corrected chi connectivity index (χ3v) is 33.5. The molecule has 6 heterocycles. The fourth-order valence-corrected chi connectivity index (χ4v) is 22.2. The first-order valence-electron chi connectivity index (χ1n) is 29.6. The van der Waals surface area contributed by atoms with E-state index >= 15 is 0 Å². The summed E-state index contributed by atoms with van der Waals surface area (Å²) in [4.78, 5) is 13.1. The molecule has 0 spiro atoms. The number of fused-ring (bicyclic) bond motifs is 5. The van der Waals surface area contributed by atoms with E-state index in [1.165, 1.54) is 7.11 Å². The molecule has 0 aromatic carbocycles. The normalized spacial score (nSPS) is 36.0. The SMILES string of the molecule is C=CC[C@@H]1O[C@@H]2CC(O[C@@]3(CCC4CC(=C)C(CCC5CC(C)C(=C)C(C[C@@H]6O[C@H](CC(CO[Si](CC)(CC)CC)O[Si](CC)(CC)CC)[C@H](OC)C6CC(=O)OC)O5)O4)CC(O)C2O3)C1O[Si](CC)(CC)CC. The summed E-state index contributed by atoms with van der Waals surface area (Å²) in [6.07, 6.45) is 6.13. The molecule has 0 aromatic rings. The van der Waals surface area contributed by atoms with Gasteiger partial charge in [-0.15, -0.1) is 6.58 Å². The van der Waals surface area contributed by atoms with Gasteiger partial charge in [-0.2, -0.15) is 0 Å². The first kappa shape index (κ1) is 62.1. The topological polar surface area (TPSA) is 139 Å². The highest BCUT2D eigenvalue weighted by molar-refractivity contribution is 6.74. The number of ether oxygens (including phenoxy) is 8. The Morgan fingerprint density at radius 1 is 0.757 bits per heavy atom. The number of esters is 1. The zero-order valence-electron chi connectivity index (χ0n) is 48.3. The van der Waals surface area contributed by atoms with Gasteiger partial charge in [0.05, 0.1) is 99.5 Å². The van der Waals surface area contributed by atoms with Crippen LogP contribution in [0.25, 0.3) is 0 Å². The van der Waals surface area contributed by atoms with E-state index in [9.17, 15) is 9.90 Å². The van der Waals surface area contributed by atoms with Crippen molar-refractivity contribution in [1.29, 1.82) is 0 Å². The zero-order chi connectivity index (χ0) is 54.0. The van der Waals surface area contributed by atoms with E-state index in [-0.39, 0.29) is 97.5 Å². The maximum Gasteiger partial charge on any atom is 0.305 e. The van der Waals surface area contributed by atoms with Crippen LogP contribution in [-0.2, 0) is 56.0 Å². The van der Waals surface area contributed by atoms with Gasteiger partial charge in [-0.1, -0.05) is 88.5 Å². The molecule has 6 aliphatic heterocycles. The molecule has 426 valence electrons. The summed E-state index contributed by atoms with van der Waals surface area (Å²) >= 11 is 0. The van der Waals surface area contributed by atoms with Crippen molar-refractivity contribution in [2.24, 2.45) is 11.8 Å².